The highest BCUT2D eigenvalue weighted by molar-refractivity contribution is 5.94. The molecule has 0 bridgehead atoms. The van der Waals surface area contributed by atoms with E-state index in [0.717, 1.165) is 17.2 Å². The van der Waals surface area contributed by atoms with E-state index < -0.39 is 24.1 Å². The van der Waals surface area contributed by atoms with Gasteiger partial charge in [0.05, 0.1) is 5.56 Å². The summed E-state index contributed by atoms with van der Waals surface area (Å²) in [5.74, 6) is -2.51. The fourth-order valence-corrected chi connectivity index (χ4v) is 2.93. The highest BCUT2D eigenvalue weighted by atomic mass is 16.5. The maximum absolute atomic E-state index is 12.6. The van der Waals surface area contributed by atoms with Gasteiger partial charge in [-0.05, 0) is 23.3 Å². The topological polar surface area (TPSA) is 122 Å². The minimum atomic E-state index is -1.60. The molecule has 0 aliphatic rings. The van der Waals surface area contributed by atoms with Crippen molar-refractivity contribution in [1.82, 2.24) is 5.32 Å². The number of phenolic OH excluding ortho intramolecular Hbond substituents is 1. The Morgan fingerprint density at radius 2 is 1.38 bits per heavy atom. The fraction of sp³-hybridized carbons (Fsp3) is 0.125. The number of alkyl carbamates (subject to hydrolysis) is 1. The van der Waals surface area contributed by atoms with Crippen LogP contribution in [0.2, 0.25) is 0 Å². The van der Waals surface area contributed by atoms with E-state index >= 15 is 0 Å². The molecule has 3 rings (SSSR count). The second kappa shape index (κ2) is 10.6. The molecule has 0 heterocycles. The number of aromatic hydroxyl groups is 1. The summed E-state index contributed by atoms with van der Waals surface area (Å²) >= 11 is 0. The third kappa shape index (κ3) is 6.09. The molecule has 1 atom stereocenters. The number of carboxylic acid groups (broad SMARTS) is 1. The number of carbonyl (C=O) groups excluding carboxylic acids is 2. The number of benzene rings is 3. The van der Waals surface area contributed by atoms with Crippen LogP contribution >= 0.6 is 0 Å². The fourth-order valence-electron chi connectivity index (χ4n) is 2.93. The molecule has 0 saturated heterocycles. The van der Waals surface area contributed by atoms with Gasteiger partial charge in [-0.25, -0.2) is 14.4 Å². The van der Waals surface area contributed by atoms with Crippen molar-refractivity contribution in [3.05, 3.63) is 101 Å². The molecule has 0 aliphatic carbocycles. The van der Waals surface area contributed by atoms with Gasteiger partial charge in [0.25, 0.3) is 0 Å². The Hall–Kier alpha value is -4.33. The molecule has 3 aromatic carbocycles. The summed E-state index contributed by atoms with van der Waals surface area (Å²) in [7, 11) is 0. The number of amides is 1. The Balaban J connectivity index is 1.74. The first-order chi connectivity index (χ1) is 15.4. The quantitative estimate of drug-likeness (QED) is 0.460. The van der Waals surface area contributed by atoms with Crippen LogP contribution in [0.5, 0.6) is 5.75 Å². The second-order valence-electron chi connectivity index (χ2n) is 6.81. The normalized spacial score (nSPS) is 11.2. The Labute approximate surface area is 184 Å². The predicted octanol–water partition coefficient (Wildman–Crippen LogP) is 3.80. The van der Waals surface area contributed by atoms with Crippen molar-refractivity contribution in [2.75, 3.05) is 0 Å². The van der Waals surface area contributed by atoms with Crippen LogP contribution in [0.4, 0.5) is 4.79 Å². The Morgan fingerprint density at radius 3 is 1.94 bits per heavy atom. The molecule has 0 saturated carbocycles. The molecule has 0 radical (unpaired) electrons. The average molecular weight is 435 g/mol. The maximum Gasteiger partial charge on any atom is 0.408 e. The third-order valence-electron chi connectivity index (χ3n) is 4.50. The zero-order valence-electron chi connectivity index (χ0n) is 16.9. The summed E-state index contributed by atoms with van der Waals surface area (Å²) in [6, 6.07) is 19.7. The number of nitrogens with one attached hydrogen (secondary N) is 1. The molecule has 0 spiro atoms. The Kier molecular flexibility index (Phi) is 7.42. The van der Waals surface area contributed by atoms with Crippen LogP contribution < -0.4 is 5.32 Å². The number of hydrogen-bond donors (Lipinski definition) is 3. The summed E-state index contributed by atoms with van der Waals surface area (Å²) < 4.78 is 10.3. The van der Waals surface area contributed by atoms with Gasteiger partial charge in [-0.1, -0.05) is 66.7 Å². The zero-order chi connectivity index (χ0) is 22.9. The first kappa shape index (κ1) is 22.4. The summed E-state index contributed by atoms with van der Waals surface area (Å²) in [5, 5.41) is 21.7. The summed E-state index contributed by atoms with van der Waals surface area (Å²) in [6.07, 6.45) is -0.974. The van der Waals surface area contributed by atoms with Gasteiger partial charge >= 0.3 is 18.0 Å². The number of carboxylic acids is 1. The lowest BCUT2D eigenvalue weighted by Crippen LogP contribution is -2.35. The van der Waals surface area contributed by atoms with Crippen molar-refractivity contribution in [3.63, 3.8) is 0 Å². The van der Waals surface area contributed by atoms with Gasteiger partial charge in [-0.3, -0.25) is 0 Å². The van der Waals surface area contributed by atoms with Gasteiger partial charge in [-0.15, -0.1) is 0 Å². The minimum absolute atomic E-state index is 0.0426. The monoisotopic (exact) mass is 435 g/mol. The molecule has 3 aromatic rings. The number of rotatable bonds is 8. The number of phenols is 1. The first-order valence-electron chi connectivity index (χ1n) is 9.68. The first-order valence-corrected chi connectivity index (χ1v) is 9.68. The highest BCUT2D eigenvalue weighted by Gasteiger charge is 2.28. The summed E-state index contributed by atoms with van der Waals surface area (Å²) in [5.41, 5.74) is 1.23. The number of ether oxygens (including phenoxy) is 2. The van der Waals surface area contributed by atoms with E-state index in [2.05, 4.69) is 5.32 Å². The Morgan fingerprint density at radius 1 is 0.812 bits per heavy atom. The van der Waals surface area contributed by atoms with E-state index in [4.69, 9.17) is 9.47 Å². The van der Waals surface area contributed by atoms with Crippen LogP contribution in [0.1, 0.15) is 33.1 Å². The molecule has 0 fully saturated rings. The summed E-state index contributed by atoms with van der Waals surface area (Å²) in [6.45, 7) is -0.0976. The van der Waals surface area contributed by atoms with Crippen LogP contribution in [-0.4, -0.2) is 28.2 Å². The van der Waals surface area contributed by atoms with Gasteiger partial charge in [0, 0.05) is 5.56 Å². The van der Waals surface area contributed by atoms with Crippen molar-refractivity contribution in [2.24, 2.45) is 0 Å². The van der Waals surface area contributed by atoms with Crippen LogP contribution in [0.15, 0.2) is 78.9 Å². The molecule has 8 heteroatoms. The number of hydrogen-bond acceptors (Lipinski definition) is 6. The molecule has 0 aromatic heterocycles. The van der Waals surface area contributed by atoms with E-state index in [-0.39, 0.29) is 30.1 Å². The Bertz CT molecular complexity index is 1080. The van der Waals surface area contributed by atoms with Crippen LogP contribution in [0.3, 0.4) is 0 Å². The van der Waals surface area contributed by atoms with Crippen molar-refractivity contribution < 1.29 is 34.1 Å². The lowest BCUT2D eigenvalue weighted by atomic mass is 10.00. The van der Waals surface area contributed by atoms with Crippen molar-refractivity contribution >= 4 is 18.0 Å². The number of carbonyl (C=O) groups is 3. The van der Waals surface area contributed by atoms with Gasteiger partial charge < -0.3 is 25.0 Å². The largest absolute Gasteiger partial charge is 0.508 e. The minimum Gasteiger partial charge on any atom is -0.508 e. The van der Waals surface area contributed by atoms with Gasteiger partial charge in [0.15, 0.2) is 6.04 Å². The standard InChI is InChI=1S/C24H21NO7/c26-18-11-12-19(20(13-18)23(29)31-14-16-7-3-1-4-8-16)21(22(27)28)25-24(30)32-15-17-9-5-2-6-10-17/h1-13,21,26H,14-15H2,(H,25,30)(H,27,28). The summed E-state index contributed by atoms with van der Waals surface area (Å²) in [4.78, 5) is 36.7. The zero-order valence-corrected chi connectivity index (χ0v) is 16.9. The molecule has 32 heavy (non-hydrogen) atoms. The maximum atomic E-state index is 12.6. The lowest BCUT2D eigenvalue weighted by molar-refractivity contribution is -0.139. The SMILES string of the molecule is O=C(NC(C(=O)O)c1ccc(O)cc1C(=O)OCc1ccccc1)OCc1ccccc1. The highest BCUT2D eigenvalue weighted by Crippen LogP contribution is 2.24. The van der Waals surface area contributed by atoms with Crippen LogP contribution in [-0.2, 0) is 27.5 Å². The third-order valence-corrected chi connectivity index (χ3v) is 4.50. The molecule has 1 amide bonds. The molecule has 1 unspecified atom stereocenters. The average Bonchev–Trinajstić information content (AvgIpc) is 2.81. The van der Waals surface area contributed by atoms with E-state index in [0.29, 0.717) is 0 Å². The van der Waals surface area contributed by atoms with E-state index in [1.807, 2.05) is 12.1 Å². The van der Waals surface area contributed by atoms with E-state index in [9.17, 15) is 24.6 Å². The molecular weight excluding hydrogens is 414 g/mol. The molecule has 0 aliphatic heterocycles. The molecule has 8 nitrogen and oxygen atoms in total. The second-order valence-corrected chi connectivity index (χ2v) is 6.81. The molecular formula is C24H21NO7. The van der Waals surface area contributed by atoms with Gasteiger partial charge in [-0.2, -0.15) is 0 Å². The van der Waals surface area contributed by atoms with Crippen molar-refractivity contribution in [2.45, 2.75) is 19.3 Å². The molecule has 3 N–H and O–H groups in total. The van der Waals surface area contributed by atoms with E-state index in [1.54, 1.807) is 48.5 Å². The predicted molar refractivity (Wildman–Crippen MR) is 114 cm³/mol. The number of aliphatic carboxylic acids is 1. The van der Waals surface area contributed by atoms with E-state index in [1.165, 1.54) is 12.1 Å². The van der Waals surface area contributed by atoms with Crippen molar-refractivity contribution in [1.29, 1.82) is 0 Å². The van der Waals surface area contributed by atoms with Crippen LogP contribution in [0.25, 0.3) is 0 Å². The smallest absolute Gasteiger partial charge is 0.408 e. The van der Waals surface area contributed by atoms with Gasteiger partial charge in [0.1, 0.15) is 19.0 Å². The molecule has 164 valence electrons. The lowest BCUT2D eigenvalue weighted by Gasteiger charge is -2.18. The van der Waals surface area contributed by atoms with Gasteiger partial charge in [0.2, 0.25) is 0 Å². The van der Waals surface area contributed by atoms with Crippen molar-refractivity contribution in [3.8, 4) is 5.75 Å². The van der Waals surface area contributed by atoms with Crippen LogP contribution in [0, 0.1) is 0 Å². The number of esters is 1.